The molecule has 0 aliphatic carbocycles. The molecule has 0 bridgehead atoms. The van der Waals surface area contributed by atoms with E-state index in [1.54, 1.807) is 6.20 Å². The van der Waals surface area contributed by atoms with Crippen molar-refractivity contribution in [3.63, 3.8) is 0 Å². The number of aromatic nitrogens is 1. The Labute approximate surface area is 162 Å². The van der Waals surface area contributed by atoms with Crippen molar-refractivity contribution in [2.45, 2.75) is 38.8 Å². The number of carboxylic acid groups (broad SMARTS) is 1. The number of para-hydroxylation sites is 1. The minimum absolute atomic E-state index is 0.197. The molecule has 0 radical (unpaired) electrons. The molecule has 144 valence electrons. The van der Waals surface area contributed by atoms with Crippen molar-refractivity contribution in [2.75, 3.05) is 0 Å². The SMILES string of the molecule is Cc1cc2c(cc1C)O[C@@H](C(=O)N[C@@H](Cc1c[nH]c3ccccc13)C(=O)O)C2. The van der Waals surface area contributed by atoms with Crippen LogP contribution in [0.25, 0.3) is 10.9 Å². The lowest BCUT2D eigenvalue weighted by atomic mass is 10.0. The van der Waals surface area contributed by atoms with Gasteiger partial charge in [-0.05, 0) is 48.2 Å². The molecule has 1 aromatic heterocycles. The monoisotopic (exact) mass is 378 g/mol. The first-order valence-electron chi connectivity index (χ1n) is 9.27. The van der Waals surface area contributed by atoms with E-state index in [0.29, 0.717) is 12.2 Å². The molecule has 0 fully saturated rings. The lowest BCUT2D eigenvalue weighted by Gasteiger charge is -2.17. The largest absolute Gasteiger partial charge is 0.480 e. The fourth-order valence-electron chi connectivity index (χ4n) is 3.64. The van der Waals surface area contributed by atoms with Crippen molar-refractivity contribution in [2.24, 2.45) is 0 Å². The Kier molecular flexibility index (Phi) is 4.55. The standard InChI is InChI=1S/C22H22N2O4/c1-12-7-14-10-20(28-19(14)8-13(12)2)21(25)24-18(22(26)27)9-15-11-23-17-6-4-3-5-16(15)17/h3-8,11,18,20,23H,9-10H2,1-2H3,(H,24,25)(H,26,27)/t18-,20+/m0/s1. The van der Waals surface area contributed by atoms with E-state index < -0.39 is 24.0 Å². The Morgan fingerprint density at radius 1 is 1.25 bits per heavy atom. The maximum Gasteiger partial charge on any atom is 0.326 e. The Balaban J connectivity index is 1.48. The van der Waals surface area contributed by atoms with Crippen LogP contribution in [-0.4, -0.2) is 34.1 Å². The third-order valence-corrected chi connectivity index (χ3v) is 5.36. The molecule has 1 aliphatic rings. The Morgan fingerprint density at radius 3 is 2.79 bits per heavy atom. The molecule has 28 heavy (non-hydrogen) atoms. The molecule has 6 heteroatoms. The molecule has 2 atom stereocenters. The van der Waals surface area contributed by atoms with Gasteiger partial charge in [-0.15, -0.1) is 0 Å². The normalized spacial score (nSPS) is 16.4. The Hall–Kier alpha value is -3.28. The average molecular weight is 378 g/mol. The number of hydrogen-bond acceptors (Lipinski definition) is 3. The second kappa shape index (κ2) is 7.03. The van der Waals surface area contributed by atoms with Crippen molar-refractivity contribution in [3.05, 3.63) is 64.8 Å². The van der Waals surface area contributed by atoms with Gasteiger partial charge in [-0.3, -0.25) is 4.79 Å². The van der Waals surface area contributed by atoms with E-state index in [2.05, 4.69) is 10.3 Å². The maximum absolute atomic E-state index is 12.7. The van der Waals surface area contributed by atoms with Gasteiger partial charge in [0, 0.05) is 29.9 Å². The molecule has 0 spiro atoms. The first-order chi connectivity index (χ1) is 13.4. The summed E-state index contributed by atoms with van der Waals surface area (Å²) in [7, 11) is 0. The molecule has 3 N–H and O–H groups in total. The van der Waals surface area contributed by atoms with Gasteiger partial charge in [0.2, 0.25) is 0 Å². The van der Waals surface area contributed by atoms with Crippen molar-refractivity contribution < 1.29 is 19.4 Å². The van der Waals surface area contributed by atoms with Crippen LogP contribution in [0.15, 0.2) is 42.6 Å². The van der Waals surface area contributed by atoms with E-state index in [-0.39, 0.29) is 6.42 Å². The van der Waals surface area contributed by atoms with Crippen molar-refractivity contribution >= 4 is 22.8 Å². The van der Waals surface area contributed by atoms with Crippen LogP contribution in [0.1, 0.15) is 22.3 Å². The zero-order chi connectivity index (χ0) is 19.8. The molecular formula is C22H22N2O4. The molecule has 0 saturated carbocycles. The van der Waals surface area contributed by atoms with E-state index in [1.807, 2.05) is 50.2 Å². The predicted octanol–water partition coefficient (Wildman–Crippen LogP) is 2.90. The van der Waals surface area contributed by atoms with Crippen LogP contribution in [0.2, 0.25) is 0 Å². The van der Waals surface area contributed by atoms with Crippen LogP contribution in [0, 0.1) is 13.8 Å². The summed E-state index contributed by atoms with van der Waals surface area (Å²) in [5.74, 6) is -0.772. The van der Waals surface area contributed by atoms with Gasteiger partial charge < -0.3 is 20.1 Å². The first kappa shape index (κ1) is 18.1. The summed E-state index contributed by atoms with van der Waals surface area (Å²) in [6.07, 6.45) is 1.73. The minimum atomic E-state index is -1.07. The molecule has 1 aliphatic heterocycles. The van der Waals surface area contributed by atoms with Crippen LogP contribution in [-0.2, 0) is 22.4 Å². The average Bonchev–Trinajstić information content (AvgIpc) is 3.25. The number of H-pyrrole nitrogens is 1. The van der Waals surface area contributed by atoms with Gasteiger partial charge in [0.05, 0.1) is 0 Å². The lowest BCUT2D eigenvalue weighted by molar-refractivity contribution is -0.142. The summed E-state index contributed by atoms with van der Waals surface area (Å²) in [5, 5.41) is 13.2. The zero-order valence-corrected chi connectivity index (χ0v) is 15.8. The molecule has 0 saturated heterocycles. The molecule has 1 amide bonds. The molecular weight excluding hydrogens is 356 g/mol. The number of rotatable bonds is 5. The van der Waals surface area contributed by atoms with Crippen molar-refractivity contribution in [1.82, 2.24) is 10.3 Å². The molecule has 6 nitrogen and oxygen atoms in total. The van der Waals surface area contributed by atoms with Gasteiger partial charge in [-0.1, -0.05) is 24.3 Å². The maximum atomic E-state index is 12.7. The predicted molar refractivity (Wildman–Crippen MR) is 106 cm³/mol. The fourth-order valence-corrected chi connectivity index (χ4v) is 3.64. The van der Waals surface area contributed by atoms with E-state index in [1.165, 1.54) is 0 Å². The summed E-state index contributed by atoms with van der Waals surface area (Å²) in [6.45, 7) is 4.01. The minimum Gasteiger partial charge on any atom is -0.480 e. The summed E-state index contributed by atoms with van der Waals surface area (Å²) in [5.41, 5.74) is 5.01. The highest BCUT2D eigenvalue weighted by Crippen LogP contribution is 2.31. The van der Waals surface area contributed by atoms with Gasteiger partial charge in [-0.2, -0.15) is 0 Å². The number of carbonyl (C=O) groups is 2. The molecule has 4 rings (SSSR count). The first-order valence-corrected chi connectivity index (χ1v) is 9.27. The number of aliphatic carboxylic acids is 1. The van der Waals surface area contributed by atoms with Crippen LogP contribution >= 0.6 is 0 Å². The summed E-state index contributed by atoms with van der Waals surface area (Å²) >= 11 is 0. The smallest absolute Gasteiger partial charge is 0.326 e. The van der Waals surface area contributed by atoms with Crippen molar-refractivity contribution in [1.29, 1.82) is 0 Å². The quantitative estimate of drug-likeness (QED) is 0.637. The summed E-state index contributed by atoms with van der Waals surface area (Å²) in [4.78, 5) is 27.6. The third-order valence-electron chi connectivity index (χ3n) is 5.36. The number of aryl methyl sites for hydroxylation is 2. The molecule has 3 aromatic rings. The summed E-state index contributed by atoms with van der Waals surface area (Å²) in [6, 6.07) is 10.6. The lowest BCUT2D eigenvalue weighted by Crippen LogP contribution is -2.47. The number of ether oxygens (including phenoxy) is 1. The number of fused-ring (bicyclic) bond motifs is 2. The van der Waals surface area contributed by atoms with E-state index in [4.69, 9.17) is 4.74 Å². The van der Waals surface area contributed by atoms with Gasteiger partial charge in [-0.25, -0.2) is 4.79 Å². The van der Waals surface area contributed by atoms with Crippen LogP contribution in [0.4, 0.5) is 0 Å². The zero-order valence-electron chi connectivity index (χ0n) is 15.8. The Bertz CT molecular complexity index is 1040. The number of benzene rings is 2. The molecule has 0 unspecified atom stereocenters. The highest BCUT2D eigenvalue weighted by molar-refractivity contribution is 5.89. The van der Waals surface area contributed by atoms with E-state index >= 15 is 0 Å². The van der Waals surface area contributed by atoms with Crippen LogP contribution < -0.4 is 10.1 Å². The number of amides is 1. The number of carboxylic acids is 1. The van der Waals surface area contributed by atoms with E-state index in [0.717, 1.165) is 33.2 Å². The number of aromatic amines is 1. The number of hydrogen-bond donors (Lipinski definition) is 3. The highest BCUT2D eigenvalue weighted by atomic mass is 16.5. The third kappa shape index (κ3) is 3.33. The van der Waals surface area contributed by atoms with Gasteiger partial charge in [0.15, 0.2) is 6.10 Å². The van der Waals surface area contributed by atoms with Gasteiger partial charge in [0.1, 0.15) is 11.8 Å². The van der Waals surface area contributed by atoms with Crippen LogP contribution in [0.3, 0.4) is 0 Å². The molecule has 2 aromatic carbocycles. The second-order valence-electron chi connectivity index (χ2n) is 7.32. The van der Waals surface area contributed by atoms with Crippen LogP contribution in [0.5, 0.6) is 5.75 Å². The van der Waals surface area contributed by atoms with Crippen molar-refractivity contribution in [3.8, 4) is 5.75 Å². The second-order valence-corrected chi connectivity index (χ2v) is 7.32. The van der Waals surface area contributed by atoms with E-state index in [9.17, 15) is 14.7 Å². The molecule has 2 heterocycles. The van der Waals surface area contributed by atoms with Gasteiger partial charge >= 0.3 is 5.97 Å². The fraction of sp³-hybridized carbons (Fsp3) is 0.273. The number of carbonyl (C=O) groups excluding carboxylic acids is 1. The highest BCUT2D eigenvalue weighted by Gasteiger charge is 2.32. The topological polar surface area (TPSA) is 91.4 Å². The number of nitrogens with one attached hydrogen (secondary N) is 2. The van der Waals surface area contributed by atoms with Gasteiger partial charge in [0.25, 0.3) is 5.91 Å². The summed E-state index contributed by atoms with van der Waals surface area (Å²) < 4.78 is 5.78. The Morgan fingerprint density at radius 2 is 2.00 bits per heavy atom.